The summed E-state index contributed by atoms with van der Waals surface area (Å²) >= 11 is 0. The Bertz CT molecular complexity index is 723. The van der Waals surface area contributed by atoms with Crippen LogP contribution in [-0.2, 0) is 14.6 Å². The summed E-state index contributed by atoms with van der Waals surface area (Å²) in [5.74, 6) is 4.40. The van der Waals surface area contributed by atoms with Gasteiger partial charge in [0.05, 0.1) is 12.7 Å². The topological polar surface area (TPSA) is 86.7 Å². The van der Waals surface area contributed by atoms with E-state index in [9.17, 15) is 18.1 Å². The van der Waals surface area contributed by atoms with Gasteiger partial charge in [-0.15, -0.1) is 0 Å². The molecule has 174 valence electrons. The highest BCUT2D eigenvalue weighted by Crippen LogP contribution is 2.68. The average molecular weight is 442 g/mol. The van der Waals surface area contributed by atoms with Crippen molar-refractivity contribution in [3.63, 3.8) is 0 Å². The molecule has 0 aliphatic heterocycles. The van der Waals surface area contributed by atoms with Crippen LogP contribution in [0.1, 0.15) is 91.4 Å². The van der Waals surface area contributed by atoms with E-state index in [1.165, 1.54) is 44.9 Å². The molecule has 30 heavy (non-hydrogen) atoms. The Morgan fingerprint density at radius 1 is 1.03 bits per heavy atom. The van der Waals surface area contributed by atoms with Crippen molar-refractivity contribution in [3.8, 4) is 0 Å². The molecular weight excluding hydrogens is 400 g/mol. The standard InChI is InChI=1S/C24H42O5S/c1-16(5-4-14-29-30(26,27)28)20-8-9-21-19-7-6-17-15-18(25)10-12-23(17,2)22(19)11-13-24(20,21)3/h16-22,25H,4-15H2,1-3H3,(H,26,27,28)/p-1/t16-,17-,18-,19+,20-,21+,22+,23+,24-/m1/s1. The molecule has 0 bridgehead atoms. The Morgan fingerprint density at radius 3 is 2.47 bits per heavy atom. The van der Waals surface area contributed by atoms with E-state index in [-0.39, 0.29) is 12.7 Å². The first-order valence-electron chi connectivity index (χ1n) is 12.3. The first-order chi connectivity index (χ1) is 14.0. The summed E-state index contributed by atoms with van der Waals surface area (Å²) in [4.78, 5) is 0. The lowest BCUT2D eigenvalue weighted by Crippen LogP contribution is -2.54. The van der Waals surface area contributed by atoms with Crippen molar-refractivity contribution in [1.29, 1.82) is 0 Å². The summed E-state index contributed by atoms with van der Waals surface area (Å²) < 4.78 is 36.4. The Labute approximate surface area is 183 Å². The second-order valence-corrected chi connectivity index (χ2v) is 12.7. The van der Waals surface area contributed by atoms with Gasteiger partial charge in [-0.25, -0.2) is 8.42 Å². The van der Waals surface area contributed by atoms with Gasteiger partial charge in [-0.2, -0.15) is 0 Å². The summed E-state index contributed by atoms with van der Waals surface area (Å²) in [6.07, 6.45) is 12.6. The first-order valence-corrected chi connectivity index (χ1v) is 13.7. The molecule has 0 amide bonds. The molecule has 0 saturated heterocycles. The fourth-order valence-corrected chi connectivity index (χ4v) is 9.30. The maximum Gasteiger partial charge on any atom is 0.217 e. The summed E-state index contributed by atoms with van der Waals surface area (Å²) in [5, 5.41) is 10.2. The molecule has 9 atom stereocenters. The molecule has 4 saturated carbocycles. The highest BCUT2D eigenvalue weighted by Gasteiger charge is 2.60. The molecule has 1 N–H and O–H groups in total. The zero-order valence-corrected chi connectivity index (χ0v) is 19.8. The number of fused-ring (bicyclic) bond motifs is 5. The fraction of sp³-hybridized carbons (Fsp3) is 1.00. The lowest BCUT2D eigenvalue weighted by molar-refractivity contribution is -0.129. The SMILES string of the molecule is C[C@H](CCCOS(=O)(=O)[O-])[C@H]1CC[C@H]2[C@@H]3CC[C@@H]4C[C@H](O)CC[C@]4(C)[C@H]3CC[C@]12C. The lowest BCUT2D eigenvalue weighted by atomic mass is 9.44. The highest BCUT2D eigenvalue weighted by molar-refractivity contribution is 7.80. The third kappa shape index (κ3) is 4.11. The van der Waals surface area contributed by atoms with Gasteiger partial charge in [-0.1, -0.05) is 20.8 Å². The summed E-state index contributed by atoms with van der Waals surface area (Å²) in [6.45, 7) is 7.41. The van der Waals surface area contributed by atoms with Crippen LogP contribution in [0.5, 0.6) is 0 Å². The number of hydrogen-bond donors (Lipinski definition) is 1. The number of hydrogen-bond acceptors (Lipinski definition) is 5. The molecule has 0 aromatic carbocycles. The highest BCUT2D eigenvalue weighted by atomic mass is 32.3. The monoisotopic (exact) mass is 441 g/mol. The maximum absolute atomic E-state index is 10.7. The average Bonchev–Trinajstić information content (AvgIpc) is 3.02. The van der Waals surface area contributed by atoms with Crippen LogP contribution in [0.3, 0.4) is 0 Å². The van der Waals surface area contributed by atoms with Crippen LogP contribution in [0.4, 0.5) is 0 Å². The van der Waals surface area contributed by atoms with E-state index in [1.54, 1.807) is 0 Å². The second kappa shape index (κ2) is 8.31. The molecular formula is C24H41O5S-. The molecule has 4 aliphatic carbocycles. The molecule has 4 aliphatic rings. The Kier molecular flexibility index (Phi) is 6.37. The molecule has 0 heterocycles. The van der Waals surface area contributed by atoms with Crippen LogP contribution in [0.15, 0.2) is 0 Å². The van der Waals surface area contributed by atoms with E-state index < -0.39 is 10.4 Å². The van der Waals surface area contributed by atoms with Gasteiger partial charge in [0, 0.05) is 0 Å². The first kappa shape index (κ1) is 23.0. The molecule has 0 radical (unpaired) electrons. The van der Waals surface area contributed by atoms with Crippen molar-refractivity contribution in [2.45, 2.75) is 97.5 Å². The van der Waals surface area contributed by atoms with Crippen LogP contribution in [0.2, 0.25) is 0 Å². The van der Waals surface area contributed by atoms with Gasteiger partial charge >= 0.3 is 0 Å². The van der Waals surface area contributed by atoms with Crippen molar-refractivity contribution < 1.29 is 22.3 Å². The van der Waals surface area contributed by atoms with Crippen molar-refractivity contribution in [2.75, 3.05) is 6.61 Å². The number of aliphatic hydroxyl groups is 1. The quantitative estimate of drug-likeness (QED) is 0.360. The van der Waals surface area contributed by atoms with Crippen molar-refractivity contribution in [2.24, 2.45) is 46.3 Å². The third-order valence-electron chi connectivity index (χ3n) is 10.4. The van der Waals surface area contributed by atoms with E-state index in [1.807, 2.05) is 0 Å². The number of rotatable bonds is 6. The smallest absolute Gasteiger partial charge is 0.217 e. The molecule has 0 aromatic heterocycles. The van der Waals surface area contributed by atoms with E-state index in [0.717, 1.165) is 37.0 Å². The zero-order valence-electron chi connectivity index (χ0n) is 19.0. The van der Waals surface area contributed by atoms with Crippen molar-refractivity contribution in [3.05, 3.63) is 0 Å². The summed E-state index contributed by atoms with van der Waals surface area (Å²) in [6, 6.07) is 0. The third-order valence-corrected chi connectivity index (χ3v) is 10.9. The molecule has 5 nitrogen and oxygen atoms in total. The van der Waals surface area contributed by atoms with E-state index in [2.05, 4.69) is 25.0 Å². The van der Waals surface area contributed by atoms with Gasteiger partial charge in [0.2, 0.25) is 10.4 Å². The molecule has 0 aromatic rings. The predicted octanol–water partition coefficient (Wildman–Crippen LogP) is 4.90. The predicted molar refractivity (Wildman–Crippen MR) is 115 cm³/mol. The van der Waals surface area contributed by atoms with Gasteiger partial charge in [-0.05, 0) is 117 Å². The van der Waals surface area contributed by atoms with Crippen molar-refractivity contribution in [1.82, 2.24) is 0 Å². The fourth-order valence-electron chi connectivity index (χ4n) is 8.98. The van der Waals surface area contributed by atoms with E-state index in [0.29, 0.717) is 35.0 Å². The molecule has 4 fully saturated rings. The molecule has 4 rings (SSSR count). The Hall–Kier alpha value is -0.170. The van der Waals surface area contributed by atoms with Gasteiger partial charge in [-0.3, -0.25) is 4.18 Å². The minimum Gasteiger partial charge on any atom is -0.726 e. The van der Waals surface area contributed by atoms with Gasteiger partial charge in [0.15, 0.2) is 0 Å². The normalized spacial score (nSPS) is 47.2. The molecule has 0 spiro atoms. The minimum atomic E-state index is -4.57. The Balaban J connectivity index is 1.41. The van der Waals surface area contributed by atoms with Gasteiger partial charge < -0.3 is 9.66 Å². The van der Waals surface area contributed by atoms with Crippen LogP contribution in [-0.4, -0.2) is 30.8 Å². The largest absolute Gasteiger partial charge is 0.726 e. The maximum atomic E-state index is 10.7. The zero-order chi connectivity index (χ0) is 21.7. The second-order valence-electron chi connectivity index (χ2n) is 11.7. The van der Waals surface area contributed by atoms with Crippen LogP contribution < -0.4 is 0 Å². The molecule has 6 heteroatoms. The summed E-state index contributed by atoms with van der Waals surface area (Å²) in [7, 11) is -4.57. The molecule has 0 unspecified atom stereocenters. The van der Waals surface area contributed by atoms with Gasteiger partial charge in [0.25, 0.3) is 0 Å². The number of aliphatic hydroxyl groups excluding tert-OH is 1. The van der Waals surface area contributed by atoms with Gasteiger partial charge in [0.1, 0.15) is 0 Å². The van der Waals surface area contributed by atoms with E-state index >= 15 is 0 Å². The summed E-state index contributed by atoms with van der Waals surface area (Å²) in [5.41, 5.74) is 0.817. The minimum absolute atomic E-state index is 0.0132. The van der Waals surface area contributed by atoms with Crippen LogP contribution >= 0.6 is 0 Å². The van der Waals surface area contributed by atoms with Crippen LogP contribution in [0, 0.1) is 46.3 Å². The van der Waals surface area contributed by atoms with E-state index in [4.69, 9.17) is 0 Å². The lowest BCUT2D eigenvalue weighted by Gasteiger charge is -2.61. The Morgan fingerprint density at radius 2 is 1.73 bits per heavy atom. The van der Waals surface area contributed by atoms with Crippen molar-refractivity contribution >= 4 is 10.4 Å². The van der Waals surface area contributed by atoms with Crippen LogP contribution in [0.25, 0.3) is 0 Å².